The van der Waals surface area contributed by atoms with Crippen LogP contribution in [0.25, 0.3) is 0 Å². The molecule has 0 bridgehead atoms. The van der Waals surface area contributed by atoms with E-state index >= 15 is 0 Å². The molecule has 0 aliphatic heterocycles. The Morgan fingerprint density at radius 3 is 2.60 bits per heavy atom. The number of hydrogen-bond acceptors (Lipinski definition) is 3. The zero-order chi connectivity index (χ0) is 14.5. The molecule has 20 heavy (non-hydrogen) atoms. The molecule has 0 spiro atoms. The summed E-state index contributed by atoms with van der Waals surface area (Å²) >= 11 is 0. The third kappa shape index (κ3) is 3.29. The highest BCUT2D eigenvalue weighted by molar-refractivity contribution is 5.97. The van der Waals surface area contributed by atoms with Gasteiger partial charge in [0.2, 0.25) is 0 Å². The summed E-state index contributed by atoms with van der Waals surface area (Å²) in [6.07, 6.45) is 0.721. The number of carbonyl (C=O) groups is 1. The van der Waals surface area contributed by atoms with Crippen LogP contribution in [0.1, 0.15) is 21.5 Å². The Morgan fingerprint density at radius 1 is 1.20 bits per heavy atom. The topological polar surface area (TPSA) is 75.4 Å². The van der Waals surface area contributed by atoms with Crippen LogP contribution in [0.2, 0.25) is 0 Å². The Balaban J connectivity index is 1.92. The predicted octanol–water partition coefficient (Wildman–Crippen LogP) is 2.26. The van der Waals surface area contributed by atoms with Crippen LogP contribution in [-0.4, -0.2) is 17.6 Å². The molecule has 4 nitrogen and oxygen atoms in total. The molecule has 0 aliphatic carbocycles. The summed E-state index contributed by atoms with van der Waals surface area (Å²) in [7, 11) is 0. The van der Waals surface area contributed by atoms with Crippen LogP contribution < -0.4 is 11.1 Å². The van der Waals surface area contributed by atoms with Gasteiger partial charge >= 0.3 is 0 Å². The highest BCUT2D eigenvalue weighted by Gasteiger charge is 2.11. The Bertz CT molecular complexity index is 606. The molecule has 1 amide bonds. The van der Waals surface area contributed by atoms with E-state index in [9.17, 15) is 9.90 Å². The minimum absolute atomic E-state index is 0.0393. The van der Waals surface area contributed by atoms with E-state index < -0.39 is 0 Å². The maximum atomic E-state index is 12.0. The highest BCUT2D eigenvalue weighted by atomic mass is 16.3. The van der Waals surface area contributed by atoms with Gasteiger partial charge in [0.05, 0.1) is 5.56 Å². The quantitative estimate of drug-likeness (QED) is 0.746. The molecule has 0 heterocycles. The van der Waals surface area contributed by atoms with Gasteiger partial charge < -0.3 is 16.2 Å². The number of carbonyl (C=O) groups excluding carboxylic acids is 1. The summed E-state index contributed by atoms with van der Waals surface area (Å²) in [5.74, 6) is -0.223. The average Bonchev–Trinajstić information content (AvgIpc) is 2.44. The van der Waals surface area contributed by atoms with Gasteiger partial charge in [-0.3, -0.25) is 4.79 Å². The number of nitrogen functional groups attached to an aromatic ring is 1. The van der Waals surface area contributed by atoms with Crippen molar-refractivity contribution in [2.75, 3.05) is 12.3 Å². The van der Waals surface area contributed by atoms with Gasteiger partial charge in [-0.25, -0.2) is 0 Å². The predicted molar refractivity (Wildman–Crippen MR) is 79.7 cm³/mol. The first-order valence-corrected chi connectivity index (χ1v) is 6.49. The summed E-state index contributed by atoms with van der Waals surface area (Å²) < 4.78 is 0. The van der Waals surface area contributed by atoms with Crippen LogP contribution in [-0.2, 0) is 6.42 Å². The molecule has 0 fully saturated rings. The number of para-hydroxylation sites is 1. The molecule has 0 saturated heterocycles. The van der Waals surface area contributed by atoms with Gasteiger partial charge in [0.25, 0.3) is 5.91 Å². The van der Waals surface area contributed by atoms with Gasteiger partial charge in [-0.15, -0.1) is 0 Å². The summed E-state index contributed by atoms with van der Waals surface area (Å²) in [5, 5.41) is 12.6. The number of amides is 1. The molecule has 2 rings (SSSR count). The summed E-state index contributed by atoms with van der Waals surface area (Å²) in [5.41, 5.74) is 8.44. The summed E-state index contributed by atoms with van der Waals surface area (Å²) in [4.78, 5) is 12.0. The minimum atomic E-state index is -0.262. The van der Waals surface area contributed by atoms with Crippen molar-refractivity contribution in [1.82, 2.24) is 5.32 Å². The van der Waals surface area contributed by atoms with E-state index in [4.69, 9.17) is 5.73 Å². The van der Waals surface area contributed by atoms with Crippen molar-refractivity contribution in [3.05, 3.63) is 59.2 Å². The molecule has 0 saturated carbocycles. The third-order valence-electron chi connectivity index (χ3n) is 3.16. The molecule has 2 aromatic carbocycles. The average molecular weight is 270 g/mol. The van der Waals surface area contributed by atoms with Crippen molar-refractivity contribution in [3.8, 4) is 5.75 Å². The van der Waals surface area contributed by atoms with E-state index in [1.165, 1.54) is 0 Å². The summed E-state index contributed by atoms with van der Waals surface area (Å²) in [6.45, 7) is 2.27. The van der Waals surface area contributed by atoms with Crippen molar-refractivity contribution < 1.29 is 9.90 Å². The van der Waals surface area contributed by atoms with Crippen LogP contribution in [0.15, 0.2) is 42.5 Å². The zero-order valence-electron chi connectivity index (χ0n) is 11.4. The van der Waals surface area contributed by atoms with Crippen LogP contribution in [0.5, 0.6) is 5.75 Å². The smallest absolute Gasteiger partial charge is 0.255 e. The third-order valence-corrected chi connectivity index (χ3v) is 3.16. The van der Waals surface area contributed by atoms with Gasteiger partial charge in [0, 0.05) is 12.2 Å². The van der Waals surface area contributed by atoms with E-state index in [2.05, 4.69) is 5.32 Å². The van der Waals surface area contributed by atoms with Gasteiger partial charge in [-0.2, -0.15) is 0 Å². The molecular formula is C16H18N2O2. The number of benzene rings is 2. The van der Waals surface area contributed by atoms with Crippen molar-refractivity contribution >= 4 is 11.6 Å². The fraction of sp³-hybridized carbons (Fsp3) is 0.188. The van der Waals surface area contributed by atoms with E-state index in [0.717, 1.165) is 17.7 Å². The van der Waals surface area contributed by atoms with Gasteiger partial charge in [-0.1, -0.05) is 24.3 Å². The number of aromatic hydroxyl groups is 1. The second-order valence-electron chi connectivity index (χ2n) is 4.72. The maximum Gasteiger partial charge on any atom is 0.255 e. The minimum Gasteiger partial charge on any atom is -0.507 e. The van der Waals surface area contributed by atoms with Crippen LogP contribution in [0, 0.1) is 6.92 Å². The second kappa shape index (κ2) is 6.10. The number of anilines is 1. The van der Waals surface area contributed by atoms with Crippen molar-refractivity contribution in [2.24, 2.45) is 0 Å². The molecule has 4 N–H and O–H groups in total. The fourth-order valence-corrected chi connectivity index (χ4v) is 1.94. The van der Waals surface area contributed by atoms with E-state index in [1.807, 2.05) is 24.3 Å². The number of rotatable bonds is 4. The Morgan fingerprint density at radius 2 is 1.90 bits per heavy atom. The fourth-order valence-electron chi connectivity index (χ4n) is 1.94. The molecule has 0 atom stereocenters. The Kier molecular flexibility index (Phi) is 4.25. The van der Waals surface area contributed by atoms with Crippen molar-refractivity contribution in [1.29, 1.82) is 0 Å². The molecule has 0 aromatic heterocycles. The number of nitrogens with one attached hydrogen (secondary N) is 1. The first-order chi connectivity index (χ1) is 9.58. The normalized spacial score (nSPS) is 10.2. The lowest BCUT2D eigenvalue weighted by molar-refractivity contribution is 0.0951. The molecule has 0 radical (unpaired) electrons. The van der Waals surface area contributed by atoms with Crippen LogP contribution in [0.4, 0.5) is 5.69 Å². The lowest BCUT2D eigenvalue weighted by atomic mass is 10.1. The standard InChI is InChI=1S/C16H18N2O2/c1-11-3-2-4-14(15(11)19)16(20)18-10-9-12-5-7-13(17)8-6-12/h2-8,19H,9-10,17H2,1H3,(H,18,20). The van der Waals surface area contributed by atoms with Gasteiger partial charge in [0.1, 0.15) is 5.75 Å². The largest absolute Gasteiger partial charge is 0.507 e. The zero-order valence-corrected chi connectivity index (χ0v) is 11.4. The maximum absolute atomic E-state index is 12.0. The van der Waals surface area contributed by atoms with Crippen LogP contribution >= 0.6 is 0 Å². The van der Waals surface area contributed by atoms with Gasteiger partial charge in [0.15, 0.2) is 0 Å². The first kappa shape index (κ1) is 13.9. The number of phenolic OH excluding ortho intramolecular Hbond substituents is 1. The Labute approximate surface area is 118 Å². The first-order valence-electron chi connectivity index (χ1n) is 6.49. The van der Waals surface area contributed by atoms with Gasteiger partial charge in [-0.05, 0) is 42.7 Å². The molecular weight excluding hydrogens is 252 g/mol. The van der Waals surface area contributed by atoms with E-state index in [0.29, 0.717) is 17.7 Å². The molecule has 104 valence electrons. The van der Waals surface area contributed by atoms with E-state index in [-0.39, 0.29) is 11.7 Å². The summed E-state index contributed by atoms with van der Waals surface area (Å²) in [6, 6.07) is 12.7. The Hall–Kier alpha value is -2.49. The molecule has 2 aromatic rings. The SMILES string of the molecule is Cc1cccc(C(=O)NCCc2ccc(N)cc2)c1O. The van der Waals surface area contributed by atoms with E-state index in [1.54, 1.807) is 25.1 Å². The van der Waals surface area contributed by atoms with Crippen LogP contribution in [0.3, 0.4) is 0 Å². The monoisotopic (exact) mass is 270 g/mol. The lowest BCUT2D eigenvalue weighted by Gasteiger charge is -2.08. The molecule has 0 unspecified atom stereocenters. The lowest BCUT2D eigenvalue weighted by Crippen LogP contribution is -2.25. The molecule has 0 aliphatic rings. The van der Waals surface area contributed by atoms with Crippen molar-refractivity contribution in [3.63, 3.8) is 0 Å². The highest BCUT2D eigenvalue weighted by Crippen LogP contribution is 2.20. The molecule has 4 heteroatoms. The number of phenols is 1. The number of hydrogen-bond donors (Lipinski definition) is 3. The second-order valence-corrected chi connectivity index (χ2v) is 4.72. The van der Waals surface area contributed by atoms with Crippen molar-refractivity contribution in [2.45, 2.75) is 13.3 Å². The number of aryl methyl sites for hydroxylation is 1. The number of nitrogens with two attached hydrogens (primary N) is 1.